The third-order valence-corrected chi connectivity index (χ3v) is 5.48. The Morgan fingerprint density at radius 1 is 0.962 bits per heavy atom. The lowest BCUT2D eigenvalue weighted by Gasteiger charge is -2.16. The Bertz CT molecular complexity index is 684. The molecule has 26 heavy (non-hydrogen) atoms. The molecule has 5 nitrogen and oxygen atoms in total. The summed E-state index contributed by atoms with van der Waals surface area (Å²) in [5, 5.41) is 3.63. The maximum atomic E-state index is 12.4. The van der Waals surface area contributed by atoms with Crippen LogP contribution in [0.5, 0.6) is 0 Å². The second-order valence-corrected chi connectivity index (χ2v) is 7.65. The first-order valence-electron chi connectivity index (χ1n) is 9.62. The van der Waals surface area contributed by atoms with Crippen LogP contribution in [0.3, 0.4) is 0 Å². The highest BCUT2D eigenvalue weighted by Crippen LogP contribution is 2.23. The Hall–Kier alpha value is -1.95. The minimum absolute atomic E-state index is 0.0141. The van der Waals surface area contributed by atoms with Gasteiger partial charge in [-0.15, -0.1) is 0 Å². The largest absolute Gasteiger partial charge is 0.359 e. The molecule has 3 N–H and O–H groups in total. The number of hydrogen-bond donors (Lipinski definition) is 3. The summed E-state index contributed by atoms with van der Waals surface area (Å²) in [6, 6.07) is 6.37. The summed E-state index contributed by atoms with van der Waals surface area (Å²) in [6.45, 7) is 0. The van der Waals surface area contributed by atoms with Crippen molar-refractivity contribution in [3.05, 3.63) is 34.9 Å². The third-order valence-electron chi connectivity index (χ3n) is 5.26. The van der Waals surface area contributed by atoms with Crippen molar-refractivity contribution in [2.24, 2.45) is 0 Å². The van der Waals surface area contributed by atoms with Crippen LogP contribution in [0, 0.1) is 0 Å². The molecule has 6 heteroatoms. The summed E-state index contributed by atoms with van der Waals surface area (Å²) in [7, 11) is 0. The summed E-state index contributed by atoms with van der Waals surface area (Å²) < 4.78 is 0. The van der Waals surface area contributed by atoms with Crippen LogP contribution in [0.15, 0.2) is 18.2 Å². The average molecular weight is 374 g/mol. The molecule has 0 saturated heterocycles. The van der Waals surface area contributed by atoms with Crippen LogP contribution in [0.1, 0.15) is 72.9 Å². The topological polar surface area (TPSA) is 70.2 Å². The SMILES string of the molecule is O=C(CCC(=O)c1ccc2c(c1)CCCC2)NNC(=S)NC1CCCC1. The number of carbonyl (C=O) groups is 2. The molecule has 1 amide bonds. The molecule has 0 unspecified atom stereocenters. The smallest absolute Gasteiger partial charge is 0.238 e. The average Bonchev–Trinajstić information content (AvgIpc) is 3.17. The van der Waals surface area contributed by atoms with E-state index in [9.17, 15) is 9.59 Å². The number of Topliss-reactive ketones (excluding diaryl/α,β-unsaturated/α-hetero) is 1. The van der Waals surface area contributed by atoms with Crippen LogP contribution in [-0.2, 0) is 17.6 Å². The molecule has 3 rings (SSSR count). The Labute approximate surface area is 160 Å². The van der Waals surface area contributed by atoms with Crippen molar-refractivity contribution in [3.63, 3.8) is 0 Å². The van der Waals surface area contributed by atoms with E-state index >= 15 is 0 Å². The number of hydrogen-bond acceptors (Lipinski definition) is 3. The minimum Gasteiger partial charge on any atom is -0.359 e. The van der Waals surface area contributed by atoms with Crippen molar-refractivity contribution in [1.29, 1.82) is 0 Å². The second-order valence-electron chi connectivity index (χ2n) is 7.24. The predicted molar refractivity (Wildman–Crippen MR) is 106 cm³/mol. The Morgan fingerprint density at radius 3 is 2.46 bits per heavy atom. The van der Waals surface area contributed by atoms with E-state index in [0.717, 1.165) is 25.7 Å². The lowest BCUT2D eigenvalue weighted by molar-refractivity contribution is -0.121. The van der Waals surface area contributed by atoms with Gasteiger partial charge < -0.3 is 5.32 Å². The molecule has 0 bridgehead atoms. The minimum atomic E-state index is -0.230. The van der Waals surface area contributed by atoms with Crippen LogP contribution in [0.25, 0.3) is 0 Å². The number of nitrogens with one attached hydrogen (secondary N) is 3. The van der Waals surface area contributed by atoms with E-state index in [4.69, 9.17) is 12.2 Å². The Kier molecular flexibility index (Phi) is 6.61. The standard InChI is InChI=1S/C20H27N3O2S/c24-18(16-10-9-14-5-1-2-6-15(14)13-16)11-12-19(25)22-23-20(26)21-17-7-3-4-8-17/h9-10,13,17H,1-8,11-12H2,(H,22,25)(H2,21,23,26). The number of amides is 1. The molecule has 0 radical (unpaired) electrons. The first kappa shape index (κ1) is 18.8. The van der Waals surface area contributed by atoms with Gasteiger partial charge in [0.05, 0.1) is 0 Å². The van der Waals surface area contributed by atoms with Gasteiger partial charge in [-0.2, -0.15) is 0 Å². The van der Waals surface area contributed by atoms with Gasteiger partial charge in [0.25, 0.3) is 0 Å². The molecule has 1 saturated carbocycles. The van der Waals surface area contributed by atoms with Crippen LogP contribution < -0.4 is 16.2 Å². The zero-order valence-electron chi connectivity index (χ0n) is 15.1. The molecule has 2 aliphatic rings. The molecule has 1 aromatic carbocycles. The fraction of sp³-hybridized carbons (Fsp3) is 0.550. The van der Waals surface area contributed by atoms with Crippen LogP contribution in [-0.4, -0.2) is 22.8 Å². The Balaban J connectivity index is 1.39. The number of benzene rings is 1. The number of ketones is 1. The summed E-state index contributed by atoms with van der Waals surface area (Å²) >= 11 is 5.17. The maximum absolute atomic E-state index is 12.4. The molecule has 0 spiro atoms. The van der Waals surface area contributed by atoms with Crippen molar-refractivity contribution >= 4 is 29.0 Å². The third kappa shape index (κ3) is 5.27. The lowest BCUT2D eigenvalue weighted by Crippen LogP contribution is -2.49. The van der Waals surface area contributed by atoms with Gasteiger partial charge in [0, 0.05) is 24.4 Å². The highest BCUT2D eigenvalue weighted by atomic mass is 32.1. The molecule has 140 valence electrons. The number of fused-ring (bicyclic) bond motifs is 1. The highest BCUT2D eigenvalue weighted by molar-refractivity contribution is 7.80. The van der Waals surface area contributed by atoms with E-state index in [-0.39, 0.29) is 24.5 Å². The number of carbonyl (C=O) groups excluding carboxylic acids is 2. The summed E-state index contributed by atoms with van der Waals surface area (Å²) in [4.78, 5) is 24.3. The number of thiocarbonyl (C=S) groups is 1. The molecular weight excluding hydrogens is 346 g/mol. The zero-order valence-corrected chi connectivity index (χ0v) is 15.9. The summed E-state index contributed by atoms with van der Waals surface area (Å²) in [5.74, 6) is -0.216. The molecule has 1 fully saturated rings. The molecule has 0 aromatic heterocycles. The van der Waals surface area contributed by atoms with Crippen molar-refractivity contribution in [1.82, 2.24) is 16.2 Å². The monoisotopic (exact) mass is 373 g/mol. The van der Waals surface area contributed by atoms with Gasteiger partial charge in [-0.05, 0) is 67.9 Å². The van der Waals surface area contributed by atoms with Crippen molar-refractivity contribution in [3.8, 4) is 0 Å². The van der Waals surface area contributed by atoms with Crippen molar-refractivity contribution in [2.45, 2.75) is 70.3 Å². The van der Waals surface area contributed by atoms with Gasteiger partial charge in [-0.1, -0.05) is 25.0 Å². The molecular formula is C20H27N3O2S. The highest BCUT2D eigenvalue weighted by Gasteiger charge is 2.16. The molecule has 0 heterocycles. The Morgan fingerprint density at radius 2 is 1.69 bits per heavy atom. The fourth-order valence-electron chi connectivity index (χ4n) is 3.76. The first-order valence-corrected chi connectivity index (χ1v) is 10.0. The van der Waals surface area contributed by atoms with Gasteiger partial charge in [0.15, 0.2) is 10.9 Å². The summed E-state index contributed by atoms with van der Waals surface area (Å²) in [6.07, 6.45) is 9.59. The molecule has 2 aliphatic carbocycles. The van der Waals surface area contributed by atoms with Crippen molar-refractivity contribution < 1.29 is 9.59 Å². The number of aryl methyl sites for hydroxylation is 2. The normalized spacial score (nSPS) is 16.6. The molecule has 1 aromatic rings. The van der Waals surface area contributed by atoms with E-state index in [0.29, 0.717) is 16.7 Å². The van der Waals surface area contributed by atoms with E-state index in [2.05, 4.69) is 22.2 Å². The summed E-state index contributed by atoms with van der Waals surface area (Å²) in [5.41, 5.74) is 8.65. The predicted octanol–water partition coefficient (Wildman–Crippen LogP) is 2.97. The first-order chi connectivity index (χ1) is 12.6. The van der Waals surface area contributed by atoms with Gasteiger partial charge in [-0.3, -0.25) is 20.4 Å². The van der Waals surface area contributed by atoms with Gasteiger partial charge in [-0.25, -0.2) is 0 Å². The van der Waals surface area contributed by atoms with Gasteiger partial charge >= 0.3 is 0 Å². The van der Waals surface area contributed by atoms with Gasteiger partial charge in [0.1, 0.15) is 0 Å². The maximum Gasteiger partial charge on any atom is 0.238 e. The van der Waals surface area contributed by atoms with Crippen molar-refractivity contribution in [2.75, 3.05) is 0 Å². The van der Waals surface area contributed by atoms with E-state index in [1.807, 2.05) is 12.1 Å². The van der Waals surface area contributed by atoms with E-state index in [1.54, 1.807) is 0 Å². The number of hydrazine groups is 1. The van der Waals surface area contributed by atoms with E-state index < -0.39 is 0 Å². The zero-order chi connectivity index (χ0) is 18.4. The second kappa shape index (κ2) is 9.12. The molecule has 0 aliphatic heterocycles. The van der Waals surface area contributed by atoms with Gasteiger partial charge in [0.2, 0.25) is 5.91 Å². The quantitative estimate of drug-likeness (QED) is 0.421. The lowest BCUT2D eigenvalue weighted by atomic mass is 9.89. The number of rotatable bonds is 5. The van der Waals surface area contributed by atoms with E-state index in [1.165, 1.54) is 36.8 Å². The van der Waals surface area contributed by atoms with Crippen LogP contribution in [0.4, 0.5) is 0 Å². The molecule has 0 atom stereocenters. The van der Waals surface area contributed by atoms with Crippen LogP contribution in [0.2, 0.25) is 0 Å². The fourth-order valence-corrected chi connectivity index (χ4v) is 3.98. The van der Waals surface area contributed by atoms with Crippen LogP contribution >= 0.6 is 12.2 Å².